The van der Waals surface area contributed by atoms with Crippen LogP contribution in [-0.2, 0) is 0 Å². The van der Waals surface area contributed by atoms with E-state index in [1.54, 1.807) is 12.4 Å². The lowest BCUT2D eigenvalue weighted by molar-refractivity contribution is 0.589. The van der Waals surface area contributed by atoms with Crippen LogP contribution >= 0.6 is 11.6 Å². The molecule has 0 N–H and O–H groups in total. The molecule has 0 aliphatic heterocycles. The Bertz CT molecular complexity index is 891. The molecule has 0 spiro atoms. The van der Waals surface area contributed by atoms with E-state index in [0.29, 0.717) is 10.9 Å². The second-order valence-corrected chi connectivity index (χ2v) is 5.74. The Morgan fingerprint density at radius 2 is 1.42 bits per heavy atom. The lowest BCUT2D eigenvalue weighted by atomic mass is 10.1. The number of oxazole rings is 1. The van der Waals surface area contributed by atoms with Crippen LogP contribution in [0.2, 0.25) is 5.02 Å². The van der Waals surface area contributed by atoms with Gasteiger partial charge in [0.05, 0.1) is 0 Å². The largest absolute Gasteiger partial charge is 0.435 e. The summed E-state index contributed by atoms with van der Waals surface area (Å²) in [5.74, 6) is 1.31. The Morgan fingerprint density at radius 3 is 2.12 bits per heavy atom. The van der Waals surface area contributed by atoms with Gasteiger partial charge in [0.1, 0.15) is 5.69 Å². The first-order valence-electron chi connectivity index (χ1n) is 7.54. The molecule has 4 heteroatoms. The van der Waals surface area contributed by atoms with E-state index in [1.807, 2.05) is 66.7 Å². The lowest BCUT2D eigenvalue weighted by Crippen LogP contribution is -1.83. The van der Waals surface area contributed by atoms with E-state index in [-0.39, 0.29) is 0 Å². The zero-order chi connectivity index (χ0) is 16.4. The number of aromatic nitrogens is 2. The van der Waals surface area contributed by atoms with Gasteiger partial charge in [0, 0.05) is 34.1 Å². The van der Waals surface area contributed by atoms with Crippen molar-refractivity contribution in [1.82, 2.24) is 9.97 Å². The van der Waals surface area contributed by atoms with Crippen molar-refractivity contribution in [1.29, 1.82) is 0 Å². The normalized spacial score (nSPS) is 10.7. The first-order valence-corrected chi connectivity index (χ1v) is 7.91. The quantitative estimate of drug-likeness (QED) is 0.481. The highest BCUT2D eigenvalue weighted by Crippen LogP contribution is 2.35. The second kappa shape index (κ2) is 6.30. The van der Waals surface area contributed by atoms with Gasteiger partial charge in [-0.1, -0.05) is 41.9 Å². The fraction of sp³-hybridized carbons (Fsp3) is 0. The van der Waals surface area contributed by atoms with Crippen LogP contribution in [0.15, 0.2) is 83.5 Å². The summed E-state index contributed by atoms with van der Waals surface area (Å²) >= 11 is 5.97. The summed E-state index contributed by atoms with van der Waals surface area (Å²) < 4.78 is 6.11. The van der Waals surface area contributed by atoms with Crippen molar-refractivity contribution in [3.63, 3.8) is 0 Å². The molecule has 0 aliphatic rings. The highest BCUT2D eigenvalue weighted by molar-refractivity contribution is 6.30. The molecule has 4 aromatic rings. The van der Waals surface area contributed by atoms with E-state index in [1.165, 1.54) is 0 Å². The molecular weight excluding hydrogens is 320 g/mol. The van der Waals surface area contributed by atoms with Crippen molar-refractivity contribution >= 4 is 11.6 Å². The van der Waals surface area contributed by atoms with Crippen LogP contribution in [0.3, 0.4) is 0 Å². The number of hydrogen-bond donors (Lipinski definition) is 0. The summed E-state index contributed by atoms with van der Waals surface area (Å²) in [6.45, 7) is 0. The van der Waals surface area contributed by atoms with E-state index in [4.69, 9.17) is 21.0 Å². The van der Waals surface area contributed by atoms with Gasteiger partial charge in [-0.15, -0.1) is 0 Å². The van der Waals surface area contributed by atoms with Crippen LogP contribution in [0, 0.1) is 0 Å². The first kappa shape index (κ1) is 14.7. The van der Waals surface area contributed by atoms with E-state index in [0.717, 1.165) is 28.1 Å². The van der Waals surface area contributed by atoms with E-state index >= 15 is 0 Å². The Hall–Kier alpha value is -2.91. The zero-order valence-electron chi connectivity index (χ0n) is 12.7. The Kier molecular flexibility index (Phi) is 3.85. The maximum Gasteiger partial charge on any atom is 0.227 e. The fourth-order valence-electron chi connectivity index (χ4n) is 2.53. The minimum Gasteiger partial charge on any atom is -0.435 e. The number of rotatable bonds is 3. The van der Waals surface area contributed by atoms with Crippen LogP contribution in [0.4, 0.5) is 0 Å². The predicted octanol–water partition coefficient (Wildman–Crippen LogP) is 5.72. The van der Waals surface area contributed by atoms with Gasteiger partial charge in [-0.05, 0) is 36.4 Å². The summed E-state index contributed by atoms with van der Waals surface area (Å²) in [5.41, 5.74) is 3.63. The smallest absolute Gasteiger partial charge is 0.227 e. The summed E-state index contributed by atoms with van der Waals surface area (Å²) in [6, 6.07) is 21.3. The molecule has 2 aromatic heterocycles. The average Bonchev–Trinajstić information content (AvgIpc) is 3.09. The SMILES string of the molecule is Clc1ccc(-c2nc(-c3ccncc3)c(-c3ccccc3)o2)cc1. The predicted molar refractivity (Wildman–Crippen MR) is 95.6 cm³/mol. The molecule has 2 heterocycles. The van der Waals surface area contributed by atoms with Gasteiger partial charge in [-0.25, -0.2) is 4.98 Å². The standard InChI is InChI=1S/C20H13ClN2O/c21-17-8-6-16(7-9-17)20-23-18(14-10-12-22-13-11-14)19(24-20)15-4-2-1-3-5-15/h1-13H. The summed E-state index contributed by atoms with van der Waals surface area (Å²) in [4.78, 5) is 8.79. The Balaban J connectivity index is 1.89. The van der Waals surface area contributed by atoms with Crippen molar-refractivity contribution in [2.75, 3.05) is 0 Å². The second-order valence-electron chi connectivity index (χ2n) is 5.31. The van der Waals surface area contributed by atoms with Gasteiger partial charge in [-0.2, -0.15) is 0 Å². The van der Waals surface area contributed by atoms with Crippen molar-refractivity contribution in [3.05, 3.63) is 84.1 Å². The van der Waals surface area contributed by atoms with Gasteiger partial charge in [-0.3, -0.25) is 4.98 Å². The van der Waals surface area contributed by atoms with E-state index < -0.39 is 0 Å². The molecule has 0 saturated heterocycles. The average molecular weight is 333 g/mol. The highest BCUT2D eigenvalue weighted by atomic mass is 35.5. The maximum absolute atomic E-state index is 6.11. The Morgan fingerprint density at radius 1 is 0.708 bits per heavy atom. The minimum atomic E-state index is 0.567. The van der Waals surface area contributed by atoms with Gasteiger partial charge >= 0.3 is 0 Å². The van der Waals surface area contributed by atoms with Crippen LogP contribution in [-0.4, -0.2) is 9.97 Å². The molecule has 0 amide bonds. The number of hydrogen-bond acceptors (Lipinski definition) is 3. The third-order valence-electron chi connectivity index (χ3n) is 3.71. The third-order valence-corrected chi connectivity index (χ3v) is 3.96. The maximum atomic E-state index is 6.11. The number of pyridine rings is 1. The van der Waals surface area contributed by atoms with Gasteiger partial charge in [0.15, 0.2) is 5.76 Å². The molecule has 24 heavy (non-hydrogen) atoms. The topological polar surface area (TPSA) is 38.9 Å². The number of benzene rings is 2. The van der Waals surface area contributed by atoms with Crippen molar-refractivity contribution in [3.8, 4) is 34.0 Å². The van der Waals surface area contributed by atoms with Crippen molar-refractivity contribution < 1.29 is 4.42 Å². The summed E-state index contributed by atoms with van der Waals surface area (Å²) in [5, 5.41) is 0.683. The van der Waals surface area contributed by atoms with Crippen LogP contribution in [0.5, 0.6) is 0 Å². The number of halogens is 1. The highest BCUT2D eigenvalue weighted by Gasteiger charge is 2.17. The van der Waals surface area contributed by atoms with Crippen LogP contribution < -0.4 is 0 Å². The molecule has 0 atom stereocenters. The molecule has 2 aromatic carbocycles. The molecule has 0 fully saturated rings. The molecule has 0 aliphatic carbocycles. The molecule has 0 bridgehead atoms. The zero-order valence-corrected chi connectivity index (χ0v) is 13.4. The molecule has 0 unspecified atom stereocenters. The minimum absolute atomic E-state index is 0.567. The van der Waals surface area contributed by atoms with Gasteiger partial charge in [0.25, 0.3) is 0 Å². The summed E-state index contributed by atoms with van der Waals surface area (Å²) in [6.07, 6.45) is 3.50. The molecule has 4 rings (SSSR count). The van der Waals surface area contributed by atoms with Crippen LogP contribution in [0.25, 0.3) is 34.0 Å². The third kappa shape index (κ3) is 2.82. The Labute approximate surface area is 144 Å². The molecular formula is C20H13ClN2O. The van der Waals surface area contributed by atoms with Crippen LogP contribution in [0.1, 0.15) is 0 Å². The van der Waals surface area contributed by atoms with Crippen molar-refractivity contribution in [2.45, 2.75) is 0 Å². The monoisotopic (exact) mass is 332 g/mol. The lowest BCUT2D eigenvalue weighted by Gasteiger charge is -2.00. The number of nitrogens with zero attached hydrogens (tertiary/aromatic N) is 2. The van der Waals surface area contributed by atoms with Gasteiger partial charge in [0.2, 0.25) is 5.89 Å². The van der Waals surface area contributed by atoms with Gasteiger partial charge < -0.3 is 4.42 Å². The van der Waals surface area contributed by atoms with E-state index in [9.17, 15) is 0 Å². The fourth-order valence-corrected chi connectivity index (χ4v) is 2.65. The molecule has 0 radical (unpaired) electrons. The van der Waals surface area contributed by atoms with E-state index in [2.05, 4.69) is 4.98 Å². The molecule has 3 nitrogen and oxygen atoms in total. The molecule has 116 valence electrons. The molecule has 0 saturated carbocycles. The first-order chi connectivity index (χ1) is 11.8. The summed E-state index contributed by atoms with van der Waals surface area (Å²) in [7, 11) is 0. The van der Waals surface area contributed by atoms with Crippen molar-refractivity contribution in [2.24, 2.45) is 0 Å².